The molecule has 0 radical (unpaired) electrons. The van der Waals surface area contributed by atoms with Gasteiger partial charge in [-0.25, -0.2) is 0 Å². The summed E-state index contributed by atoms with van der Waals surface area (Å²) < 4.78 is 0. The van der Waals surface area contributed by atoms with Gasteiger partial charge in [0, 0.05) is 5.92 Å². The third kappa shape index (κ3) is 3.44. The first kappa shape index (κ1) is 9.41. The van der Waals surface area contributed by atoms with E-state index in [1.54, 1.807) is 0 Å². The van der Waals surface area contributed by atoms with E-state index in [4.69, 9.17) is 0 Å². The van der Waals surface area contributed by atoms with E-state index in [1.807, 2.05) is 6.92 Å². The Labute approximate surface area is 63.1 Å². The molecule has 0 rings (SSSR count). The zero-order valence-corrected chi connectivity index (χ0v) is 6.89. The van der Waals surface area contributed by atoms with Crippen LogP contribution in [0.2, 0.25) is 0 Å². The smallest absolute Gasteiger partial charge is 0.126 e. The predicted molar refractivity (Wildman–Crippen MR) is 43.9 cm³/mol. The summed E-state index contributed by atoms with van der Waals surface area (Å²) in [7, 11) is 0. The van der Waals surface area contributed by atoms with Crippen LogP contribution in [0.25, 0.3) is 0 Å². The largest absolute Gasteiger partial charge is 0.303 e. The van der Waals surface area contributed by atoms with Crippen LogP contribution in [0.3, 0.4) is 0 Å². The lowest BCUT2D eigenvalue weighted by Gasteiger charge is -2.05. The van der Waals surface area contributed by atoms with Crippen LogP contribution in [0.1, 0.15) is 33.1 Å². The Morgan fingerprint density at radius 3 is 2.70 bits per heavy atom. The topological polar surface area (TPSA) is 17.1 Å². The summed E-state index contributed by atoms with van der Waals surface area (Å²) in [6.45, 7) is 7.86. The van der Waals surface area contributed by atoms with Crippen LogP contribution in [0.5, 0.6) is 0 Å². The van der Waals surface area contributed by atoms with Gasteiger partial charge in [0.15, 0.2) is 0 Å². The second-order valence-corrected chi connectivity index (χ2v) is 2.69. The first-order chi connectivity index (χ1) is 4.72. The molecule has 0 saturated heterocycles. The number of aldehydes is 1. The summed E-state index contributed by atoms with van der Waals surface area (Å²) in [6.07, 6.45) is 4.27. The highest BCUT2D eigenvalue weighted by atomic mass is 16.1. The lowest BCUT2D eigenvalue weighted by atomic mass is 9.99. The summed E-state index contributed by atoms with van der Waals surface area (Å²) in [6, 6.07) is 0. The van der Waals surface area contributed by atoms with Crippen molar-refractivity contribution >= 4 is 6.29 Å². The van der Waals surface area contributed by atoms with Crippen LogP contribution in [-0.4, -0.2) is 6.29 Å². The first-order valence-corrected chi connectivity index (χ1v) is 3.85. The Hall–Kier alpha value is -0.590. The van der Waals surface area contributed by atoms with Crippen LogP contribution in [0.15, 0.2) is 12.2 Å². The summed E-state index contributed by atoms with van der Waals surface area (Å²) >= 11 is 0. The van der Waals surface area contributed by atoms with Crippen molar-refractivity contribution in [3.63, 3.8) is 0 Å². The normalized spacial score (nSPS) is 12.6. The van der Waals surface area contributed by atoms with Gasteiger partial charge < -0.3 is 4.79 Å². The lowest BCUT2D eigenvalue weighted by Crippen LogP contribution is -1.98. The van der Waals surface area contributed by atoms with E-state index >= 15 is 0 Å². The van der Waals surface area contributed by atoms with Gasteiger partial charge in [0.05, 0.1) is 0 Å². The Bertz CT molecular complexity index is 116. The molecule has 0 aliphatic heterocycles. The highest BCUT2D eigenvalue weighted by Gasteiger charge is 2.02. The Morgan fingerprint density at radius 1 is 1.70 bits per heavy atom. The third-order valence-electron chi connectivity index (χ3n) is 1.70. The van der Waals surface area contributed by atoms with Gasteiger partial charge in [-0.15, -0.1) is 0 Å². The van der Waals surface area contributed by atoms with Gasteiger partial charge in [0.2, 0.25) is 0 Å². The number of hydrogen-bond acceptors (Lipinski definition) is 1. The molecule has 0 aromatic rings. The first-order valence-electron chi connectivity index (χ1n) is 3.85. The molecule has 10 heavy (non-hydrogen) atoms. The van der Waals surface area contributed by atoms with Crippen molar-refractivity contribution < 1.29 is 4.79 Å². The third-order valence-corrected chi connectivity index (χ3v) is 1.70. The molecule has 1 nitrogen and oxygen atoms in total. The van der Waals surface area contributed by atoms with Gasteiger partial charge in [0.25, 0.3) is 0 Å². The standard InChI is InChI=1S/C9H16O/c1-4-5-6-8(2)9(3)7-10/h7,9H,2,4-6H2,1,3H3. The van der Waals surface area contributed by atoms with Crippen molar-refractivity contribution in [3.05, 3.63) is 12.2 Å². The molecule has 0 aliphatic rings. The van der Waals surface area contributed by atoms with Gasteiger partial charge in [-0.2, -0.15) is 0 Å². The van der Waals surface area contributed by atoms with E-state index in [0.717, 1.165) is 24.7 Å². The summed E-state index contributed by atoms with van der Waals surface area (Å²) in [4.78, 5) is 10.2. The van der Waals surface area contributed by atoms with Gasteiger partial charge in [-0.1, -0.05) is 32.4 Å². The molecule has 0 aliphatic carbocycles. The molecule has 0 aromatic carbocycles. The SMILES string of the molecule is C=C(CCCC)C(C)C=O. The fourth-order valence-corrected chi connectivity index (χ4v) is 0.728. The number of allylic oxidation sites excluding steroid dienone is 1. The maximum atomic E-state index is 10.2. The second-order valence-electron chi connectivity index (χ2n) is 2.69. The van der Waals surface area contributed by atoms with Crippen molar-refractivity contribution in [2.75, 3.05) is 0 Å². The van der Waals surface area contributed by atoms with Crippen molar-refractivity contribution in [2.45, 2.75) is 33.1 Å². The van der Waals surface area contributed by atoms with Crippen LogP contribution < -0.4 is 0 Å². The number of hydrogen-bond donors (Lipinski definition) is 0. The molecule has 0 spiro atoms. The summed E-state index contributed by atoms with van der Waals surface area (Å²) in [5, 5.41) is 0. The predicted octanol–water partition coefficient (Wildman–Crippen LogP) is 2.57. The molecular weight excluding hydrogens is 124 g/mol. The molecule has 0 saturated carbocycles. The minimum absolute atomic E-state index is 0.0477. The second kappa shape index (κ2) is 5.21. The average molecular weight is 140 g/mol. The molecule has 0 amide bonds. The zero-order chi connectivity index (χ0) is 7.98. The Balaban J connectivity index is 3.51. The van der Waals surface area contributed by atoms with Crippen molar-refractivity contribution in [1.82, 2.24) is 0 Å². The fraction of sp³-hybridized carbons (Fsp3) is 0.667. The molecule has 58 valence electrons. The van der Waals surface area contributed by atoms with Gasteiger partial charge >= 0.3 is 0 Å². The molecule has 1 atom stereocenters. The number of rotatable bonds is 5. The fourth-order valence-electron chi connectivity index (χ4n) is 0.728. The highest BCUT2D eigenvalue weighted by Crippen LogP contribution is 2.12. The maximum absolute atomic E-state index is 10.2. The van der Waals surface area contributed by atoms with E-state index in [9.17, 15) is 4.79 Å². The molecule has 1 unspecified atom stereocenters. The van der Waals surface area contributed by atoms with E-state index in [0.29, 0.717) is 0 Å². The average Bonchev–Trinajstić information content (AvgIpc) is 1.98. The monoisotopic (exact) mass is 140 g/mol. The quantitative estimate of drug-likeness (QED) is 0.423. The van der Waals surface area contributed by atoms with Crippen molar-refractivity contribution in [2.24, 2.45) is 5.92 Å². The van der Waals surface area contributed by atoms with Gasteiger partial charge in [0.1, 0.15) is 6.29 Å². The van der Waals surface area contributed by atoms with E-state index in [2.05, 4.69) is 13.5 Å². The van der Waals surface area contributed by atoms with Crippen LogP contribution in [0.4, 0.5) is 0 Å². The summed E-state index contributed by atoms with van der Waals surface area (Å²) in [5.41, 5.74) is 1.07. The van der Waals surface area contributed by atoms with Gasteiger partial charge in [-0.05, 0) is 12.8 Å². The molecule has 0 heterocycles. The molecule has 0 aromatic heterocycles. The van der Waals surface area contributed by atoms with Crippen LogP contribution in [0, 0.1) is 5.92 Å². The van der Waals surface area contributed by atoms with E-state index in [1.165, 1.54) is 6.42 Å². The Kier molecular flexibility index (Phi) is 4.91. The number of carbonyl (C=O) groups is 1. The number of unbranched alkanes of at least 4 members (excludes halogenated alkanes) is 1. The van der Waals surface area contributed by atoms with E-state index in [-0.39, 0.29) is 5.92 Å². The number of carbonyl (C=O) groups excluding carboxylic acids is 1. The molecule has 0 fully saturated rings. The lowest BCUT2D eigenvalue weighted by molar-refractivity contribution is -0.109. The van der Waals surface area contributed by atoms with Crippen LogP contribution >= 0.6 is 0 Å². The molecule has 1 heteroatoms. The molecule has 0 N–H and O–H groups in total. The van der Waals surface area contributed by atoms with Crippen LogP contribution in [-0.2, 0) is 4.79 Å². The maximum Gasteiger partial charge on any atom is 0.126 e. The van der Waals surface area contributed by atoms with E-state index < -0.39 is 0 Å². The molecule has 0 bridgehead atoms. The zero-order valence-electron chi connectivity index (χ0n) is 6.89. The Morgan fingerprint density at radius 2 is 2.30 bits per heavy atom. The summed E-state index contributed by atoms with van der Waals surface area (Å²) in [5.74, 6) is 0.0477. The van der Waals surface area contributed by atoms with Crippen molar-refractivity contribution in [1.29, 1.82) is 0 Å². The van der Waals surface area contributed by atoms with Crippen molar-refractivity contribution in [3.8, 4) is 0 Å². The minimum Gasteiger partial charge on any atom is -0.303 e. The molecular formula is C9H16O. The minimum atomic E-state index is 0.0477. The van der Waals surface area contributed by atoms with Gasteiger partial charge in [-0.3, -0.25) is 0 Å². The highest BCUT2D eigenvalue weighted by molar-refractivity contribution is 5.57.